The molecule has 0 aliphatic carbocycles. The van der Waals surface area contributed by atoms with Crippen LogP contribution in [0.2, 0.25) is 4.34 Å². The number of halogens is 1. The zero-order chi connectivity index (χ0) is 20.1. The molecule has 0 saturated carbocycles. The van der Waals surface area contributed by atoms with Gasteiger partial charge in [0.2, 0.25) is 5.78 Å². The summed E-state index contributed by atoms with van der Waals surface area (Å²) in [7, 11) is 1.63. The number of amides is 1. The number of rotatable bonds is 6. The van der Waals surface area contributed by atoms with Crippen molar-refractivity contribution in [2.24, 2.45) is 0 Å². The van der Waals surface area contributed by atoms with E-state index in [1.165, 1.54) is 11.0 Å². The predicted molar refractivity (Wildman–Crippen MR) is 110 cm³/mol. The molecular weight excluding hydrogens is 398 g/mol. The van der Waals surface area contributed by atoms with Crippen LogP contribution in [0.15, 0.2) is 66.7 Å². The second-order valence-electron chi connectivity index (χ2n) is 5.85. The van der Waals surface area contributed by atoms with E-state index < -0.39 is 12.6 Å². The first-order valence-corrected chi connectivity index (χ1v) is 9.54. The van der Waals surface area contributed by atoms with Gasteiger partial charge in [0.1, 0.15) is 0 Å². The van der Waals surface area contributed by atoms with Crippen LogP contribution in [0.5, 0.6) is 0 Å². The molecule has 7 heteroatoms. The van der Waals surface area contributed by atoms with Gasteiger partial charge in [-0.25, -0.2) is 4.79 Å². The third-order valence-corrected chi connectivity index (χ3v) is 5.28. The summed E-state index contributed by atoms with van der Waals surface area (Å²) in [6, 6.07) is 18.6. The monoisotopic (exact) mass is 413 g/mol. The van der Waals surface area contributed by atoms with Crippen molar-refractivity contribution in [3.05, 3.63) is 87.1 Å². The molecule has 0 saturated heterocycles. The first-order valence-electron chi connectivity index (χ1n) is 8.35. The number of carbonyl (C=O) groups is 3. The van der Waals surface area contributed by atoms with Crippen LogP contribution in [0.4, 0.5) is 5.69 Å². The van der Waals surface area contributed by atoms with Crippen molar-refractivity contribution in [3.63, 3.8) is 0 Å². The molecule has 3 aromatic rings. The zero-order valence-electron chi connectivity index (χ0n) is 14.9. The number of esters is 1. The number of Topliss-reactive ketones (excluding diaryl/α,β-unsaturated/α-hetero) is 1. The first kappa shape index (κ1) is 19.8. The van der Waals surface area contributed by atoms with Crippen LogP contribution in [0, 0.1) is 0 Å². The summed E-state index contributed by atoms with van der Waals surface area (Å²) in [6.07, 6.45) is 0. The minimum Gasteiger partial charge on any atom is -0.454 e. The molecule has 1 aromatic heterocycles. The van der Waals surface area contributed by atoms with Gasteiger partial charge in [0, 0.05) is 12.7 Å². The van der Waals surface area contributed by atoms with Gasteiger partial charge in [0.25, 0.3) is 5.91 Å². The third kappa shape index (κ3) is 4.47. The Bertz CT molecular complexity index is 1020. The van der Waals surface area contributed by atoms with Crippen LogP contribution >= 0.6 is 22.9 Å². The van der Waals surface area contributed by atoms with E-state index in [1.54, 1.807) is 49.5 Å². The minimum absolute atomic E-state index is 0.104. The number of thiophene rings is 1. The molecule has 1 amide bonds. The van der Waals surface area contributed by atoms with E-state index in [0.717, 1.165) is 11.3 Å². The summed E-state index contributed by atoms with van der Waals surface area (Å²) in [6.45, 7) is -0.424. The molecule has 0 atom stereocenters. The average molecular weight is 414 g/mol. The molecule has 0 aliphatic heterocycles. The molecule has 0 fully saturated rings. The van der Waals surface area contributed by atoms with Gasteiger partial charge in [-0.15, -0.1) is 11.3 Å². The van der Waals surface area contributed by atoms with Gasteiger partial charge in [-0.1, -0.05) is 41.9 Å². The van der Waals surface area contributed by atoms with E-state index in [-0.39, 0.29) is 22.8 Å². The minimum atomic E-state index is -0.735. The summed E-state index contributed by atoms with van der Waals surface area (Å²) in [5, 5.41) is 0. The Morgan fingerprint density at radius 3 is 2.21 bits per heavy atom. The van der Waals surface area contributed by atoms with Crippen molar-refractivity contribution in [1.29, 1.82) is 0 Å². The van der Waals surface area contributed by atoms with Gasteiger partial charge in [0.05, 0.1) is 20.3 Å². The summed E-state index contributed by atoms with van der Waals surface area (Å²) < 4.78 is 5.62. The van der Waals surface area contributed by atoms with Crippen LogP contribution < -0.4 is 4.90 Å². The van der Waals surface area contributed by atoms with E-state index in [0.29, 0.717) is 14.9 Å². The normalized spacial score (nSPS) is 10.4. The topological polar surface area (TPSA) is 63.7 Å². The lowest BCUT2D eigenvalue weighted by Crippen LogP contribution is -2.28. The standard InChI is InChI=1S/C21H16ClNO4S/c1-23(14-7-3-2-4-8-14)20(25)15-9-5-6-10-16(15)21(26)27-13-17(24)18-11-12-19(22)28-18/h2-12H,13H2,1H3. The molecule has 1 heterocycles. The van der Waals surface area contributed by atoms with Crippen molar-refractivity contribution in [1.82, 2.24) is 0 Å². The lowest BCUT2D eigenvalue weighted by atomic mass is 10.1. The van der Waals surface area contributed by atoms with E-state index in [9.17, 15) is 14.4 Å². The van der Waals surface area contributed by atoms with Crippen LogP contribution in [-0.2, 0) is 4.74 Å². The number of para-hydroxylation sites is 1. The molecule has 0 radical (unpaired) electrons. The summed E-state index contributed by atoms with van der Waals surface area (Å²) in [4.78, 5) is 39.3. The number of hydrogen-bond acceptors (Lipinski definition) is 5. The maximum absolute atomic E-state index is 12.9. The van der Waals surface area contributed by atoms with Crippen molar-refractivity contribution in [2.75, 3.05) is 18.6 Å². The molecular formula is C21H16ClNO4S. The highest BCUT2D eigenvalue weighted by atomic mass is 35.5. The fraction of sp³-hybridized carbons (Fsp3) is 0.0952. The maximum Gasteiger partial charge on any atom is 0.339 e. The zero-order valence-corrected chi connectivity index (χ0v) is 16.5. The molecule has 0 spiro atoms. The smallest absolute Gasteiger partial charge is 0.339 e. The number of anilines is 1. The highest BCUT2D eigenvalue weighted by Crippen LogP contribution is 2.22. The molecule has 0 unspecified atom stereocenters. The highest BCUT2D eigenvalue weighted by molar-refractivity contribution is 7.18. The maximum atomic E-state index is 12.9. The van der Waals surface area contributed by atoms with Crippen molar-refractivity contribution >= 4 is 46.3 Å². The van der Waals surface area contributed by atoms with Crippen LogP contribution in [0.25, 0.3) is 0 Å². The summed E-state index contributed by atoms with van der Waals surface area (Å²) in [5.74, 6) is -1.44. The Morgan fingerprint density at radius 2 is 1.57 bits per heavy atom. The Kier molecular flexibility index (Phi) is 6.23. The Hall–Kier alpha value is -2.96. The van der Waals surface area contributed by atoms with E-state index >= 15 is 0 Å². The third-order valence-electron chi connectivity index (χ3n) is 4.01. The van der Waals surface area contributed by atoms with Crippen molar-refractivity contribution in [2.45, 2.75) is 0 Å². The molecule has 3 rings (SSSR count). The summed E-state index contributed by atoms with van der Waals surface area (Å²) in [5.41, 5.74) is 0.998. The Morgan fingerprint density at radius 1 is 0.929 bits per heavy atom. The van der Waals surface area contributed by atoms with Gasteiger partial charge in [-0.3, -0.25) is 9.59 Å². The van der Waals surface area contributed by atoms with E-state index in [1.807, 2.05) is 18.2 Å². The number of nitrogens with zero attached hydrogens (tertiary/aromatic N) is 1. The molecule has 0 N–H and O–H groups in total. The SMILES string of the molecule is CN(C(=O)c1ccccc1C(=O)OCC(=O)c1ccc(Cl)s1)c1ccccc1. The molecule has 5 nitrogen and oxygen atoms in total. The van der Waals surface area contributed by atoms with Crippen molar-refractivity contribution < 1.29 is 19.1 Å². The second kappa shape index (κ2) is 8.82. The van der Waals surface area contributed by atoms with Gasteiger partial charge < -0.3 is 9.64 Å². The fourth-order valence-electron chi connectivity index (χ4n) is 2.54. The van der Waals surface area contributed by atoms with Gasteiger partial charge >= 0.3 is 5.97 Å². The van der Waals surface area contributed by atoms with Crippen LogP contribution in [-0.4, -0.2) is 31.3 Å². The lowest BCUT2D eigenvalue weighted by Gasteiger charge is -2.18. The average Bonchev–Trinajstić information content (AvgIpc) is 3.17. The van der Waals surface area contributed by atoms with E-state index in [4.69, 9.17) is 16.3 Å². The quantitative estimate of drug-likeness (QED) is 0.433. The molecule has 142 valence electrons. The number of ether oxygens (including phenoxy) is 1. The predicted octanol–water partition coefficient (Wildman–Crippen LogP) is 4.72. The highest BCUT2D eigenvalue weighted by Gasteiger charge is 2.22. The van der Waals surface area contributed by atoms with Crippen LogP contribution in [0.3, 0.4) is 0 Å². The van der Waals surface area contributed by atoms with Crippen LogP contribution in [0.1, 0.15) is 30.4 Å². The van der Waals surface area contributed by atoms with Crippen molar-refractivity contribution in [3.8, 4) is 0 Å². The number of carbonyl (C=O) groups excluding carboxylic acids is 3. The number of benzene rings is 2. The molecule has 28 heavy (non-hydrogen) atoms. The molecule has 0 aliphatic rings. The number of ketones is 1. The molecule has 0 bridgehead atoms. The Labute approximate surface area is 171 Å². The van der Waals surface area contributed by atoms with Gasteiger partial charge in [-0.05, 0) is 36.4 Å². The van der Waals surface area contributed by atoms with Gasteiger partial charge in [0.15, 0.2) is 6.61 Å². The molecule has 2 aromatic carbocycles. The van der Waals surface area contributed by atoms with E-state index in [2.05, 4.69) is 0 Å². The largest absolute Gasteiger partial charge is 0.454 e. The first-order chi connectivity index (χ1) is 13.5. The number of hydrogen-bond donors (Lipinski definition) is 0. The van der Waals surface area contributed by atoms with Gasteiger partial charge in [-0.2, -0.15) is 0 Å². The second-order valence-corrected chi connectivity index (χ2v) is 7.56. The lowest BCUT2D eigenvalue weighted by molar-refractivity contribution is 0.0473. The fourth-order valence-corrected chi connectivity index (χ4v) is 3.51. The Balaban J connectivity index is 1.75. The summed E-state index contributed by atoms with van der Waals surface area (Å²) >= 11 is 6.93.